The van der Waals surface area contributed by atoms with Crippen molar-refractivity contribution in [1.82, 2.24) is 10.6 Å². The zero-order valence-corrected chi connectivity index (χ0v) is 30.5. The van der Waals surface area contributed by atoms with E-state index in [4.69, 9.17) is 28.4 Å². The third kappa shape index (κ3) is 9.26. The molecular weight excluding hydrogens is 688 g/mol. The highest BCUT2D eigenvalue weighted by Gasteiger charge is 2.62. The molecule has 0 aromatic carbocycles. The van der Waals surface area contributed by atoms with Gasteiger partial charge in [-0.15, -0.1) is 0 Å². The minimum atomic E-state index is -0.529. The van der Waals surface area contributed by atoms with Gasteiger partial charge in [-0.2, -0.15) is 0 Å². The monoisotopic (exact) mass is 738 g/mol. The molecule has 0 radical (unpaired) electrons. The van der Waals surface area contributed by atoms with Crippen LogP contribution in [0.25, 0.3) is 0 Å². The van der Waals surface area contributed by atoms with Crippen molar-refractivity contribution in [1.29, 1.82) is 0 Å². The lowest BCUT2D eigenvalue weighted by Crippen LogP contribution is -2.37. The maximum atomic E-state index is 12.4. The Hall–Kier alpha value is -4.30. The van der Waals surface area contributed by atoms with Gasteiger partial charge in [-0.25, -0.2) is 9.59 Å². The van der Waals surface area contributed by atoms with Crippen LogP contribution in [0, 0.1) is 11.8 Å². The Balaban J connectivity index is 0.833. The maximum absolute atomic E-state index is 12.4. The van der Waals surface area contributed by atoms with Crippen LogP contribution < -0.4 is 10.6 Å². The van der Waals surface area contributed by atoms with Crippen molar-refractivity contribution in [3.63, 3.8) is 0 Å². The molecule has 2 aliphatic carbocycles. The maximum Gasteiger partial charge on any atom is 0.334 e. The van der Waals surface area contributed by atoms with Crippen molar-refractivity contribution in [3.05, 3.63) is 47.6 Å². The molecule has 2 N–H and O–H groups in total. The first-order valence-electron chi connectivity index (χ1n) is 18.6. The summed E-state index contributed by atoms with van der Waals surface area (Å²) in [4.78, 5) is 73.8. The number of esters is 4. The van der Waals surface area contributed by atoms with Crippen molar-refractivity contribution in [2.75, 3.05) is 19.9 Å². The van der Waals surface area contributed by atoms with Gasteiger partial charge in [0, 0.05) is 35.8 Å². The first-order chi connectivity index (χ1) is 25.3. The number of hydrogen-bond acceptors (Lipinski definition) is 12. The molecular formula is C39H50N2O12. The third-order valence-electron chi connectivity index (χ3n) is 11.4. The van der Waals surface area contributed by atoms with Crippen molar-refractivity contribution < 1.29 is 57.2 Å². The third-order valence-corrected chi connectivity index (χ3v) is 11.4. The predicted molar refractivity (Wildman–Crippen MR) is 186 cm³/mol. The summed E-state index contributed by atoms with van der Waals surface area (Å²) < 4.78 is 33.9. The highest BCUT2D eigenvalue weighted by Crippen LogP contribution is 2.51. The molecule has 6 rings (SSSR count). The first-order valence-corrected chi connectivity index (χ1v) is 18.6. The average molecular weight is 739 g/mol. The van der Waals surface area contributed by atoms with Gasteiger partial charge in [0.25, 0.3) is 0 Å². The summed E-state index contributed by atoms with van der Waals surface area (Å²) in [6.07, 6.45) is 8.04. The number of amides is 2. The van der Waals surface area contributed by atoms with Gasteiger partial charge in [-0.1, -0.05) is 25.3 Å². The Morgan fingerprint density at radius 1 is 0.717 bits per heavy atom. The summed E-state index contributed by atoms with van der Waals surface area (Å²) in [5, 5.41) is 5.06. The fourth-order valence-corrected chi connectivity index (χ4v) is 7.84. The Morgan fingerprint density at radius 2 is 1.13 bits per heavy atom. The summed E-state index contributed by atoms with van der Waals surface area (Å²) >= 11 is 0. The molecule has 14 heteroatoms. The van der Waals surface area contributed by atoms with E-state index in [1.807, 2.05) is 26.0 Å². The van der Waals surface area contributed by atoms with Gasteiger partial charge >= 0.3 is 23.9 Å². The van der Waals surface area contributed by atoms with Crippen LogP contribution in [0.5, 0.6) is 0 Å². The highest BCUT2D eigenvalue weighted by atomic mass is 16.7. The molecule has 0 saturated carbocycles. The van der Waals surface area contributed by atoms with Gasteiger partial charge in [0.2, 0.25) is 11.8 Å². The van der Waals surface area contributed by atoms with Crippen LogP contribution in [0.4, 0.5) is 0 Å². The van der Waals surface area contributed by atoms with E-state index < -0.39 is 23.8 Å². The van der Waals surface area contributed by atoms with Gasteiger partial charge in [0.15, 0.2) is 0 Å². The second-order valence-corrected chi connectivity index (χ2v) is 15.3. The second-order valence-electron chi connectivity index (χ2n) is 15.3. The Kier molecular flexibility index (Phi) is 11.6. The zero-order valence-electron chi connectivity index (χ0n) is 30.5. The predicted octanol–water partition coefficient (Wildman–Crippen LogP) is 3.33. The van der Waals surface area contributed by atoms with Gasteiger partial charge in [0.1, 0.15) is 37.6 Å². The van der Waals surface area contributed by atoms with E-state index in [0.717, 1.165) is 36.8 Å². The number of allylic oxidation sites excluding steroid dienone is 2. The van der Waals surface area contributed by atoms with Gasteiger partial charge in [0.05, 0.1) is 30.7 Å². The van der Waals surface area contributed by atoms with E-state index in [1.54, 1.807) is 0 Å². The van der Waals surface area contributed by atoms with Crippen molar-refractivity contribution in [3.8, 4) is 0 Å². The Morgan fingerprint density at radius 3 is 1.55 bits per heavy atom. The van der Waals surface area contributed by atoms with Crippen LogP contribution in [0.15, 0.2) is 47.6 Å². The molecule has 0 bridgehead atoms. The number of epoxide rings is 2. The van der Waals surface area contributed by atoms with Crippen molar-refractivity contribution in [2.24, 2.45) is 11.8 Å². The van der Waals surface area contributed by atoms with Crippen molar-refractivity contribution in [2.45, 2.75) is 127 Å². The molecule has 0 aromatic rings. The SMILES string of the molecule is C=C1C(=O)O[C@H]2[C@H]1CC/C(COC(=O)CCC(=O)NCNC(=O)CCC(=O)OC/C1=C/CC[C@@]3(C)O[C@H]3[C@H]3OC(=O)C(=C)[C@@H]3CC1)=C\CC[C@@]1(C)O[C@@H]21. The lowest BCUT2D eigenvalue weighted by Gasteiger charge is -2.20. The number of ether oxygens (including phenoxy) is 6. The highest BCUT2D eigenvalue weighted by molar-refractivity contribution is 5.91. The molecule has 2 amide bonds. The second kappa shape index (κ2) is 16.0. The first kappa shape index (κ1) is 38.4. The molecule has 4 aliphatic heterocycles. The summed E-state index contributed by atoms with van der Waals surface area (Å²) in [6.45, 7) is 11.9. The normalized spacial score (nSPS) is 35.2. The zero-order chi connectivity index (χ0) is 37.9. The minimum Gasteiger partial charge on any atom is -0.461 e. The van der Waals surface area contributed by atoms with E-state index in [-0.39, 0.29) is 105 Å². The summed E-state index contributed by atoms with van der Waals surface area (Å²) in [7, 11) is 0. The smallest absolute Gasteiger partial charge is 0.334 e. The number of nitrogens with one attached hydrogen (secondary N) is 2. The Labute approximate surface area is 309 Å². The minimum absolute atomic E-state index is 0.0835. The quantitative estimate of drug-likeness (QED) is 0.0744. The topological polar surface area (TPSA) is 188 Å². The van der Waals surface area contributed by atoms with Gasteiger partial charge in [-0.05, 0) is 76.4 Å². The van der Waals surface area contributed by atoms with Crippen LogP contribution in [0.1, 0.15) is 90.9 Å². The molecule has 4 saturated heterocycles. The molecule has 0 unspecified atom stereocenters. The summed E-state index contributed by atoms with van der Waals surface area (Å²) in [5.74, 6) is -3.03. The lowest BCUT2D eigenvalue weighted by atomic mass is 9.84. The molecule has 4 fully saturated rings. The van der Waals surface area contributed by atoms with Gasteiger partial charge in [-0.3, -0.25) is 19.2 Å². The van der Waals surface area contributed by atoms with Crippen LogP contribution in [0.2, 0.25) is 0 Å². The van der Waals surface area contributed by atoms with E-state index in [2.05, 4.69) is 23.8 Å². The standard InChI is InChI=1S/C39H50N2O12/c1-22-26-11-9-24(7-5-17-38(3)34(52-38)32(26)50-36(22)46)19-48-30(44)15-13-28(42)40-21-41-29(43)14-16-31(45)49-20-25-8-6-18-39(4)35(53-39)33-27(12-10-25)23(2)37(47)51-33/h7-8,26-27,32-35H,1-2,5-6,9-21H2,3-4H3,(H,40,42)(H,41,43)/b24-7+,25-8+/t26-,27-,32-,33-,34-,35-,38+,39+/m0/s1. The lowest BCUT2D eigenvalue weighted by molar-refractivity contribution is -0.144. The number of carbonyl (C=O) groups is 6. The fourth-order valence-electron chi connectivity index (χ4n) is 7.84. The molecule has 288 valence electrons. The molecule has 4 heterocycles. The van der Waals surface area contributed by atoms with Crippen molar-refractivity contribution >= 4 is 35.7 Å². The van der Waals surface area contributed by atoms with E-state index in [9.17, 15) is 28.8 Å². The molecule has 6 aliphatic rings. The number of carbonyl (C=O) groups excluding carboxylic acids is 6. The van der Waals surface area contributed by atoms with Crippen LogP contribution >= 0.6 is 0 Å². The van der Waals surface area contributed by atoms with E-state index >= 15 is 0 Å². The summed E-state index contributed by atoms with van der Waals surface area (Å²) in [6, 6.07) is 0. The Bertz CT molecular complexity index is 1500. The molecule has 0 spiro atoms. The van der Waals surface area contributed by atoms with Crippen LogP contribution in [-0.2, 0) is 57.2 Å². The van der Waals surface area contributed by atoms with Gasteiger partial charge < -0.3 is 39.1 Å². The van der Waals surface area contributed by atoms with E-state index in [1.165, 1.54) is 0 Å². The van der Waals surface area contributed by atoms with E-state index in [0.29, 0.717) is 36.8 Å². The molecule has 14 nitrogen and oxygen atoms in total. The number of fused-ring (bicyclic) bond motifs is 6. The fraction of sp³-hybridized carbons (Fsp3) is 0.641. The molecule has 53 heavy (non-hydrogen) atoms. The molecule has 8 atom stereocenters. The number of hydrogen-bond donors (Lipinski definition) is 2. The largest absolute Gasteiger partial charge is 0.461 e. The van der Waals surface area contributed by atoms with Crippen LogP contribution in [0.3, 0.4) is 0 Å². The summed E-state index contributed by atoms with van der Waals surface area (Å²) in [5.41, 5.74) is 2.03. The van der Waals surface area contributed by atoms with Crippen LogP contribution in [-0.4, -0.2) is 91.2 Å². The average Bonchev–Trinajstić information content (AvgIpc) is 3.93. The molecule has 0 aromatic heterocycles. The number of rotatable bonds is 12.